The van der Waals surface area contributed by atoms with Crippen molar-refractivity contribution < 1.29 is 24.5 Å². The Hall–Kier alpha value is -1.30. The third kappa shape index (κ3) is 6.23. The Morgan fingerprint density at radius 2 is 1.55 bits per heavy atom. The number of carboxylic acids is 1. The predicted molar refractivity (Wildman–Crippen MR) is 75.4 cm³/mol. The Balaban J connectivity index is 4.88. The van der Waals surface area contributed by atoms with Crippen LogP contribution in [0.1, 0.15) is 48.5 Å². The minimum atomic E-state index is -1.16. The molecule has 20 heavy (non-hydrogen) atoms. The molecular formula is C14H27NO5. The molecule has 0 bridgehead atoms. The summed E-state index contributed by atoms with van der Waals surface area (Å²) in [6, 6.07) is -0.753. The highest BCUT2D eigenvalue weighted by Crippen LogP contribution is 2.27. The quantitative estimate of drug-likeness (QED) is 0.735. The van der Waals surface area contributed by atoms with Crippen molar-refractivity contribution in [2.24, 2.45) is 11.3 Å². The van der Waals surface area contributed by atoms with E-state index in [-0.39, 0.29) is 0 Å². The van der Waals surface area contributed by atoms with Crippen LogP contribution in [0.2, 0.25) is 0 Å². The van der Waals surface area contributed by atoms with Crippen molar-refractivity contribution in [1.29, 1.82) is 0 Å². The molecular weight excluding hydrogens is 262 g/mol. The lowest BCUT2D eigenvalue weighted by atomic mass is 9.78. The maximum atomic E-state index is 11.7. The number of rotatable bonds is 4. The van der Waals surface area contributed by atoms with Gasteiger partial charge in [-0.3, -0.25) is 4.79 Å². The van der Waals surface area contributed by atoms with Crippen molar-refractivity contribution in [1.82, 2.24) is 5.32 Å². The van der Waals surface area contributed by atoms with Crippen LogP contribution in [0.3, 0.4) is 0 Å². The van der Waals surface area contributed by atoms with Gasteiger partial charge >= 0.3 is 12.1 Å². The lowest BCUT2D eigenvalue weighted by Gasteiger charge is -2.34. The minimum Gasteiger partial charge on any atom is -0.481 e. The molecule has 0 heterocycles. The number of aliphatic hydroxyl groups excluding tert-OH is 1. The number of hydrogen-bond donors (Lipinski definition) is 3. The van der Waals surface area contributed by atoms with Gasteiger partial charge in [-0.15, -0.1) is 0 Å². The molecule has 0 saturated heterocycles. The van der Waals surface area contributed by atoms with Gasteiger partial charge in [-0.1, -0.05) is 20.8 Å². The lowest BCUT2D eigenvalue weighted by Crippen LogP contribution is -2.51. The molecule has 3 N–H and O–H groups in total. The molecule has 0 aliphatic heterocycles. The average molecular weight is 289 g/mol. The molecule has 0 saturated carbocycles. The van der Waals surface area contributed by atoms with Gasteiger partial charge in [0.2, 0.25) is 0 Å². The maximum Gasteiger partial charge on any atom is 0.407 e. The van der Waals surface area contributed by atoms with E-state index < -0.39 is 41.1 Å². The van der Waals surface area contributed by atoms with Gasteiger partial charge in [0.25, 0.3) is 0 Å². The van der Waals surface area contributed by atoms with E-state index in [1.54, 1.807) is 41.5 Å². The number of aliphatic hydroxyl groups is 1. The molecule has 0 aromatic rings. The second-order valence-electron chi connectivity index (χ2n) is 7.11. The Morgan fingerprint density at radius 3 is 1.85 bits per heavy atom. The lowest BCUT2D eigenvalue weighted by molar-refractivity contribution is -0.150. The zero-order valence-corrected chi connectivity index (χ0v) is 13.4. The number of carbonyl (C=O) groups is 2. The summed E-state index contributed by atoms with van der Waals surface area (Å²) >= 11 is 0. The Labute approximate surface area is 120 Å². The molecule has 6 nitrogen and oxygen atoms in total. The van der Waals surface area contributed by atoms with E-state index in [2.05, 4.69) is 5.32 Å². The fourth-order valence-corrected chi connectivity index (χ4v) is 1.74. The number of amides is 1. The summed E-state index contributed by atoms with van der Waals surface area (Å²) < 4.78 is 5.08. The van der Waals surface area contributed by atoms with Crippen LogP contribution >= 0.6 is 0 Å². The van der Waals surface area contributed by atoms with Gasteiger partial charge in [0.15, 0.2) is 0 Å². The van der Waals surface area contributed by atoms with E-state index in [9.17, 15) is 19.8 Å². The third-order valence-electron chi connectivity index (χ3n) is 2.80. The number of nitrogens with one attached hydrogen (secondary N) is 1. The van der Waals surface area contributed by atoms with Gasteiger partial charge in [-0.05, 0) is 33.1 Å². The summed E-state index contributed by atoms with van der Waals surface area (Å²) in [7, 11) is 0. The minimum absolute atomic E-state index is 0.604. The highest BCUT2D eigenvalue weighted by atomic mass is 16.6. The molecule has 0 aromatic carbocycles. The van der Waals surface area contributed by atoms with E-state index in [1.807, 2.05) is 0 Å². The van der Waals surface area contributed by atoms with Crippen LogP contribution in [0.25, 0.3) is 0 Å². The SMILES string of the molecule is C[C@H](NC(=O)OC(C)(C)C)[C@@H](C(=O)O)[C@H](O)C(C)(C)C. The Morgan fingerprint density at radius 1 is 1.10 bits per heavy atom. The molecule has 1 amide bonds. The highest BCUT2D eigenvalue weighted by molar-refractivity contribution is 5.74. The van der Waals surface area contributed by atoms with Crippen molar-refractivity contribution in [3.8, 4) is 0 Å². The molecule has 0 unspecified atom stereocenters. The zero-order chi connectivity index (χ0) is 16.3. The van der Waals surface area contributed by atoms with Gasteiger partial charge < -0.3 is 20.3 Å². The fraction of sp³-hybridized carbons (Fsp3) is 0.857. The van der Waals surface area contributed by atoms with E-state index in [4.69, 9.17) is 4.74 Å². The van der Waals surface area contributed by atoms with Crippen molar-refractivity contribution in [3.63, 3.8) is 0 Å². The number of alkyl carbamates (subject to hydrolysis) is 1. The first-order chi connectivity index (χ1) is 8.75. The van der Waals surface area contributed by atoms with Crippen LogP contribution in [-0.2, 0) is 9.53 Å². The van der Waals surface area contributed by atoms with E-state index in [1.165, 1.54) is 6.92 Å². The zero-order valence-electron chi connectivity index (χ0n) is 13.4. The van der Waals surface area contributed by atoms with Gasteiger partial charge in [-0.2, -0.15) is 0 Å². The third-order valence-corrected chi connectivity index (χ3v) is 2.80. The first-order valence-corrected chi connectivity index (χ1v) is 6.66. The van der Waals surface area contributed by atoms with Crippen molar-refractivity contribution in [3.05, 3.63) is 0 Å². The normalized spacial score (nSPS) is 17.0. The van der Waals surface area contributed by atoms with Crippen LogP contribution in [-0.4, -0.2) is 40.0 Å². The van der Waals surface area contributed by atoms with Crippen LogP contribution in [0.4, 0.5) is 4.79 Å². The number of hydrogen-bond acceptors (Lipinski definition) is 4. The number of carbonyl (C=O) groups excluding carboxylic acids is 1. The molecule has 0 aromatic heterocycles. The monoisotopic (exact) mass is 289 g/mol. The molecule has 0 spiro atoms. The van der Waals surface area contributed by atoms with Gasteiger partial charge in [0, 0.05) is 6.04 Å². The number of ether oxygens (including phenoxy) is 1. The second kappa shape index (κ2) is 6.43. The molecule has 0 aliphatic carbocycles. The molecule has 118 valence electrons. The molecule has 0 rings (SSSR count). The summed E-state index contributed by atoms with van der Waals surface area (Å²) in [4.78, 5) is 23.0. The Bertz CT molecular complexity index is 354. The maximum absolute atomic E-state index is 11.7. The van der Waals surface area contributed by atoms with Gasteiger partial charge in [-0.25, -0.2) is 4.79 Å². The van der Waals surface area contributed by atoms with Crippen LogP contribution in [0.5, 0.6) is 0 Å². The molecule has 0 radical (unpaired) electrons. The van der Waals surface area contributed by atoms with Crippen LogP contribution in [0, 0.1) is 11.3 Å². The van der Waals surface area contributed by atoms with Gasteiger partial charge in [0.1, 0.15) is 11.5 Å². The Kier molecular flexibility index (Phi) is 6.02. The van der Waals surface area contributed by atoms with E-state index in [0.29, 0.717) is 0 Å². The first-order valence-electron chi connectivity index (χ1n) is 6.66. The van der Waals surface area contributed by atoms with Gasteiger partial charge in [0.05, 0.1) is 6.10 Å². The molecule has 6 heteroatoms. The topological polar surface area (TPSA) is 95.9 Å². The van der Waals surface area contributed by atoms with E-state index in [0.717, 1.165) is 0 Å². The standard InChI is InChI=1S/C14H27NO5/c1-8(15-12(19)20-14(5,6)7)9(11(17)18)10(16)13(2,3)4/h8-10,16H,1-7H3,(H,15,19)(H,17,18)/t8-,9+,10-/m0/s1. The number of aliphatic carboxylic acids is 1. The first kappa shape index (κ1) is 18.7. The van der Waals surface area contributed by atoms with Crippen molar-refractivity contribution in [2.75, 3.05) is 0 Å². The molecule has 3 atom stereocenters. The summed E-state index contributed by atoms with van der Waals surface area (Å²) in [6.45, 7) is 11.9. The second-order valence-corrected chi connectivity index (χ2v) is 7.11. The largest absolute Gasteiger partial charge is 0.481 e. The van der Waals surface area contributed by atoms with E-state index >= 15 is 0 Å². The summed E-state index contributed by atoms with van der Waals surface area (Å²) in [5.74, 6) is -2.27. The van der Waals surface area contributed by atoms with Crippen LogP contribution in [0.15, 0.2) is 0 Å². The molecule has 0 aliphatic rings. The predicted octanol–water partition coefficient (Wildman–Crippen LogP) is 2.01. The van der Waals surface area contributed by atoms with Crippen molar-refractivity contribution >= 4 is 12.1 Å². The molecule has 0 fully saturated rings. The number of carboxylic acid groups (broad SMARTS) is 1. The average Bonchev–Trinajstić information content (AvgIpc) is 2.11. The highest BCUT2D eigenvalue weighted by Gasteiger charge is 2.39. The smallest absolute Gasteiger partial charge is 0.407 e. The summed E-state index contributed by atoms with van der Waals surface area (Å²) in [5.41, 5.74) is -1.27. The van der Waals surface area contributed by atoms with Crippen LogP contribution < -0.4 is 5.32 Å². The summed E-state index contributed by atoms with van der Waals surface area (Å²) in [5, 5.41) is 21.9. The summed E-state index contributed by atoms with van der Waals surface area (Å²) in [6.07, 6.45) is -1.79. The van der Waals surface area contributed by atoms with Crippen molar-refractivity contribution in [2.45, 2.75) is 66.2 Å². The fourth-order valence-electron chi connectivity index (χ4n) is 1.74.